The molecule has 2 amide bonds. The first-order valence-electron chi connectivity index (χ1n) is 10.5. The topological polar surface area (TPSA) is 76.5 Å². The van der Waals surface area contributed by atoms with Crippen LogP contribution in [0.5, 0.6) is 5.75 Å². The monoisotopic (exact) mass is 460 g/mol. The van der Waals surface area contributed by atoms with E-state index in [2.05, 4.69) is 5.32 Å². The minimum absolute atomic E-state index is 0.00603. The van der Waals surface area contributed by atoms with Crippen molar-refractivity contribution in [1.29, 1.82) is 0 Å². The maximum absolute atomic E-state index is 13.5. The maximum Gasteiger partial charge on any atom is 0.253 e. The van der Waals surface area contributed by atoms with E-state index in [0.717, 1.165) is 22.3 Å². The van der Waals surface area contributed by atoms with Crippen molar-refractivity contribution in [1.82, 2.24) is 9.55 Å². The molecule has 4 aromatic rings. The summed E-state index contributed by atoms with van der Waals surface area (Å²) in [6, 6.07) is 21.4. The SMILES string of the molecule is COc1ccc(CN2C(=O)[C@@H](CC(=O)Nc3ccc(Cl)cc3)n3c2nc2ccccc23)cc1. The van der Waals surface area contributed by atoms with E-state index in [4.69, 9.17) is 21.3 Å². The standard InChI is InChI=1S/C25H21ClN4O3/c1-33-19-12-6-16(7-13-19)15-29-24(32)22(14-23(31)27-18-10-8-17(26)9-11-18)30-21-5-3-2-4-20(21)28-25(29)30/h2-13,22H,14-15H2,1H3,(H,27,31)/t22-/m1/s1. The fourth-order valence-corrected chi connectivity index (χ4v) is 4.21. The van der Waals surface area contributed by atoms with E-state index in [0.29, 0.717) is 23.2 Å². The number of aromatic nitrogens is 2. The highest BCUT2D eigenvalue weighted by Gasteiger charge is 2.40. The Hall–Kier alpha value is -3.84. The maximum atomic E-state index is 13.5. The minimum atomic E-state index is -0.682. The van der Waals surface area contributed by atoms with Gasteiger partial charge in [0.2, 0.25) is 11.9 Å². The number of imidazole rings is 1. The molecule has 1 aromatic heterocycles. The van der Waals surface area contributed by atoms with Gasteiger partial charge in [-0.3, -0.25) is 19.1 Å². The number of amides is 2. The van der Waals surface area contributed by atoms with Crippen molar-refractivity contribution in [3.63, 3.8) is 0 Å². The van der Waals surface area contributed by atoms with Crippen LogP contribution in [0.25, 0.3) is 11.0 Å². The number of ether oxygens (including phenoxy) is 1. The first kappa shape index (κ1) is 21.0. The molecule has 2 heterocycles. The summed E-state index contributed by atoms with van der Waals surface area (Å²) >= 11 is 5.92. The van der Waals surface area contributed by atoms with Gasteiger partial charge in [0.1, 0.15) is 11.8 Å². The fraction of sp³-hybridized carbons (Fsp3) is 0.160. The number of halogens is 1. The number of methoxy groups -OCH3 is 1. The fourth-order valence-electron chi connectivity index (χ4n) is 4.08. The van der Waals surface area contributed by atoms with Crippen molar-refractivity contribution in [2.75, 3.05) is 17.3 Å². The van der Waals surface area contributed by atoms with Gasteiger partial charge in [-0.15, -0.1) is 0 Å². The summed E-state index contributed by atoms with van der Waals surface area (Å²) in [6.07, 6.45) is -0.00603. The highest BCUT2D eigenvalue weighted by Crippen LogP contribution is 2.37. The molecule has 0 saturated carbocycles. The Kier molecular flexibility index (Phi) is 5.48. The Morgan fingerprint density at radius 2 is 1.79 bits per heavy atom. The zero-order valence-corrected chi connectivity index (χ0v) is 18.6. The Balaban J connectivity index is 1.45. The van der Waals surface area contributed by atoms with E-state index in [1.807, 2.05) is 53.1 Å². The van der Waals surface area contributed by atoms with Crippen LogP contribution in [0.2, 0.25) is 5.02 Å². The van der Waals surface area contributed by atoms with Gasteiger partial charge in [-0.1, -0.05) is 35.9 Å². The predicted octanol–water partition coefficient (Wildman–Crippen LogP) is 4.82. The van der Waals surface area contributed by atoms with Gasteiger partial charge in [0.15, 0.2) is 0 Å². The van der Waals surface area contributed by atoms with Crippen LogP contribution in [0.1, 0.15) is 18.0 Å². The van der Waals surface area contributed by atoms with Gasteiger partial charge in [-0.25, -0.2) is 4.98 Å². The van der Waals surface area contributed by atoms with Crippen molar-refractivity contribution in [3.8, 4) is 5.75 Å². The van der Waals surface area contributed by atoms with Crippen LogP contribution in [0.3, 0.4) is 0 Å². The molecule has 0 radical (unpaired) electrons. The molecule has 3 aromatic carbocycles. The molecular weight excluding hydrogens is 440 g/mol. The summed E-state index contributed by atoms with van der Waals surface area (Å²) in [5.41, 5.74) is 3.17. The van der Waals surface area contributed by atoms with Gasteiger partial charge in [0.25, 0.3) is 5.91 Å². The molecule has 166 valence electrons. The molecular formula is C25H21ClN4O3. The summed E-state index contributed by atoms with van der Waals surface area (Å²) in [5.74, 6) is 0.868. The van der Waals surface area contributed by atoms with Crippen LogP contribution in [-0.2, 0) is 16.1 Å². The molecule has 0 fully saturated rings. The number of anilines is 2. The van der Waals surface area contributed by atoms with E-state index in [1.54, 1.807) is 36.3 Å². The lowest BCUT2D eigenvalue weighted by Crippen LogP contribution is -2.31. The van der Waals surface area contributed by atoms with Crippen LogP contribution < -0.4 is 15.0 Å². The second-order valence-corrected chi connectivity index (χ2v) is 8.25. The molecule has 33 heavy (non-hydrogen) atoms. The van der Waals surface area contributed by atoms with Crippen molar-refractivity contribution in [3.05, 3.63) is 83.4 Å². The summed E-state index contributed by atoms with van der Waals surface area (Å²) in [7, 11) is 1.61. The molecule has 7 nitrogen and oxygen atoms in total. The van der Waals surface area contributed by atoms with E-state index in [-0.39, 0.29) is 18.2 Å². The molecule has 1 atom stereocenters. The normalized spacial score (nSPS) is 15.0. The van der Waals surface area contributed by atoms with E-state index >= 15 is 0 Å². The molecule has 1 aliphatic heterocycles. The Morgan fingerprint density at radius 3 is 2.52 bits per heavy atom. The molecule has 0 aliphatic carbocycles. The highest BCUT2D eigenvalue weighted by atomic mass is 35.5. The van der Waals surface area contributed by atoms with Gasteiger partial charge >= 0.3 is 0 Å². The number of para-hydroxylation sites is 2. The van der Waals surface area contributed by atoms with E-state index in [9.17, 15) is 9.59 Å². The average Bonchev–Trinajstić information content (AvgIpc) is 3.32. The highest BCUT2D eigenvalue weighted by molar-refractivity contribution is 6.30. The number of carbonyl (C=O) groups excluding carboxylic acids is 2. The van der Waals surface area contributed by atoms with Crippen molar-refractivity contribution in [2.45, 2.75) is 19.0 Å². The number of nitrogens with one attached hydrogen (secondary N) is 1. The largest absolute Gasteiger partial charge is 0.497 e. The number of rotatable bonds is 6. The molecule has 5 rings (SSSR count). The first-order valence-corrected chi connectivity index (χ1v) is 10.9. The molecule has 0 bridgehead atoms. The molecule has 8 heteroatoms. The van der Waals surface area contributed by atoms with Crippen molar-refractivity contribution in [2.24, 2.45) is 0 Å². The third-order valence-electron chi connectivity index (χ3n) is 5.69. The smallest absolute Gasteiger partial charge is 0.253 e. The Labute approximate surface area is 195 Å². The second kappa shape index (κ2) is 8.60. The van der Waals surface area contributed by atoms with E-state index < -0.39 is 6.04 Å². The molecule has 0 unspecified atom stereocenters. The first-order chi connectivity index (χ1) is 16.0. The average molecular weight is 461 g/mol. The summed E-state index contributed by atoms with van der Waals surface area (Å²) in [4.78, 5) is 32.7. The van der Waals surface area contributed by atoms with E-state index in [1.165, 1.54) is 0 Å². The Morgan fingerprint density at radius 1 is 1.06 bits per heavy atom. The van der Waals surface area contributed by atoms with Gasteiger partial charge in [0, 0.05) is 10.7 Å². The van der Waals surface area contributed by atoms with Crippen LogP contribution in [0, 0.1) is 0 Å². The summed E-state index contributed by atoms with van der Waals surface area (Å²) in [6.45, 7) is 0.349. The van der Waals surface area contributed by atoms with Gasteiger partial charge in [-0.2, -0.15) is 0 Å². The number of hydrogen-bond acceptors (Lipinski definition) is 4. The van der Waals surface area contributed by atoms with Gasteiger partial charge in [0.05, 0.1) is 31.1 Å². The quantitative estimate of drug-likeness (QED) is 0.447. The van der Waals surface area contributed by atoms with Gasteiger partial charge < -0.3 is 10.1 Å². The predicted molar refractivity (Wildman–Crippen MR) is 128 cm³/mol. The zero-order chi connectivity index (χ0) is 22.9. The molecule has 1 aliphatic rings. The molecule has 0 spiro atoms. The summed E-state index contributed by atoms with van der Waals surface area (Å²) < 4.78 is 7.09. The van der Waals surface area contributed by atoms with Crippen LogP contribution in [0.4, 0.5) is 11.6 Å². The number of nitrogens with zero attached hydrogens (tertiary/aromatic N) is 3. The van der Waals surface area contributed by atoms with Crippen LogP contribution >= 0.6 is 11.6 Å². The third-order valence-corrected chi connectivity index (χ3v) is 5.94. The number of carbonyl (C=O) groups is 2. The molecule has 0 saturated heterocycles. The third kappa shape index (κ3) is 4.03. The lowest BCUT2D eigenvalue weighted by molar-refractivity contribution is -0.124. The second-order valence-electron chi connectivity index (χ2n) is 7.82. The van der Waals surface area contributed by atoms with Gasteiger partial charge in [-0.05, 0) is 54.1 Å². The lowest BCUT2D eigenvalue weighted by atomic mass is 10.1. The summed E-state index contributed by atoms with van der Waals surface area (Å²) in [5, 5.41) is 3.43. The van der Waals surface area contributed by atoms with Crippen molar-refractivity contribution >= 4 is 46.1 Å². The molecule has 1 N–H and O–H groups in total. The number of fused-ring (bicyclic) bond motifs is 3. The Bertz CT molecular complexity index is 1330. The minimum Gasteiger partial charge on any atom is -0.497 e. The lowest BCUT2D eigenvalue weighted by Gasteiger charge is -2.16. The number of benzene rings is 3. The van der Waals surface area contributed by atoms with Crippen LogP contribution in [-0.4, -0.2) is 28.5 Å². The zero-order valence-electron chi connectivity index (χ0n) is 17.9. The van der Waals surface area contributed by atoms with Crippen molar-refractivity contribution < 1.29 is 14.3 Å². The van der Waals surface area contributed by atoms with Crippen LogP contribution in [0.15, 0.2) is 72.8 Å². The number of hydrogen-bond donors (Lipinski definition) is 1.